The van der Waals surface area contributed by atoms with Crippen molar-refractivity contribution in [1.29, 1.82) is 0 Å². The molecule has 1 aliphatic rings. The molecule has 0 unspecified atom stereocenters. The van der Waals surface area contributed by atoms with Crippen LogP contribution in [0.3, 0.4) is 0 Å². The number of hydrogen-bond acceptors (Lipinski definition) is 10. The van der Waals surface area contributed by atoms with Crippen molar-refractivity contribution in [2.24, 2.45) is 0 Å². The highest BCUT2D eigenvalue weighted by Gasteiger charge is 2.30. The molecule has 2 aromatic rings. The van der Waals surface area contributed by atoms with Crippen LogP contribution in [-0.4, -0.2) is 74.5 Å². The third kappa shape index (κ3) is 6.64. The van der Waals surface area contributed by atoms with Crippen LogP contribution in [0, 0.1) is 0 Å². The van der Waals surface area contributed by atoms with Crippen LogP contribution in [0.15, 0.2) is 36.4 Å². The molecule has 200 valence electrons. The highest BCUT2D eigenvalue weighted by molar-refractivity contribution is 6.28. The Bertz CT molecular complexity index is 1200. The second-order valence-corrected chi connectivity index (χ2v) is 9.10. The van der Waals surface area contributed by atoms with Crippen LogP contribution < -0.4 is 10.6 Å². The number of ether oxygens (including phenoxy) is 2. The quantitative estimate of drug-likeness (QED) is 0.330. The molecule has 0 radical (unpaired) electrons. The minimum absolute atomic E-state index is 0.00797. The number of carbonyl (C=O) groups excluding carboxylic acids is 6. The fourth-order valence-electron chi connectivity index (χ4n) is 4.10. The van der Waals surface area contributed by atoms with E-state index < -0.39 is 24.0 Å². The molecule has 0 aromatic heterocycles. The smallest absolute Gasteiger partial charge is 0.322 e. The predicted molar refractivity (Wildman–Crippen MR) is 136 cm³/mol. The number of methoxy groups -OCH3 is 2. The normalized spacial score (nSPS) is 13.7. The summed E-state index contributed by atoms with van der Waals surface area (Å²) < 4.78 is 9.24. The summed E-state index contributed by atoms with van der Waals surface area (Å²) in [5, 5.41) is 5.58. The third-order valence-electron chi connectivity index (χ3n) is 6.27. The van der Waals surface area contributed by atoms with E-state index in [1.165, 1.54) is 38.5 Å². The first-order valence-corrected chi connectivity index (χ1v) is 12.1. The van der Waals surface area contributed by atoms with Gasteiger partial charge in [0.2, 0.25) is 0 Å². The lowest BCUT2D eigenvalue weighted by atomic mass is 9.82. The zero-order chi connectivity index (χ0) is 28.0. The van der Waals surface area contributed by atoms with Crippen LogP contribution in [-0.2, 0) is 41.5 Å². The summed E-state index contributed by atoms with van der Waals surface area (Å²) in [6.45, 7) is 3.04. The van der Waals surface area contributed by atoms with E-state index >= 15 is 0 Å². The number of rotatable bonds is 12. The largest absolute Gasteiger partial charge is 0.468 e. The molecule has 2 atom stereocenters. The van der Waals surface area contributed by atoms with Crippen LogP contribution >= 0.6 is 0 Å². The molecule has 10 nitrogen and oxygen atoms in total. The minimum atomic E-state index is -0.642. The van der Waals surface area contributed by atoms with Gasteiger partial charge in [0, 0.05) is 35.1 Å². The number of Topliss-reactive ketones (excluding diaryl/α,β-unsaturated/α-hetero) is 2. The first kappa shape index (κ1) is 28.5. The topological polar surface area (TPSA) is 145 Å². The Morgan fingerprint density at radius 2 is 1.03 bits per heavy atom. The molecule has 0 amide bonds. The van der Waals surface area contributed by atoms with Gasteiger partial charge in [0.05, 0.1) is 27.3 Å². The molecule has 2 N–H and O–H groups in total. The molecule has 0 spiro atoms. The van der Waals surface area contributed by atoms with Crippen molar-refractivity contribution in [1.82, 2.24) is 10.6 Å². The molecule has 0 bridgehead atoms. The van der Waals surface area contributed by atoms with Crippen molar-refractivity contribution in [3.05, 3.63) is 69.8 Å². The summed E-state index contributed by atoms with van der Waals surface area (Å²) >= 11 is 0. The lowest BCUT2D eigenvalue weighted by Gasteiger charge is -2.19. The Morgan fingerprint density at radius 3 is 1.39 bits per heavy atom. The van der Waals surface area contributed by atoms with Gasteiger partial charge in [-0.05, 0) is 37.1 Å². The monoisotopic (exact) mass is 522 g/mol. The Kier molecular flexibility index (Phi) is 9.38. The molecule has 3 rings (SSSR count). The first-order valence-electron chi connectivity index (χ1n) is 12.1. The zero-order valence-electron chi connectivity index (χ0n) is 21.7. The van der Waals surface area contributed by atoms with Crippen molar-refractivity contribution in [2.45, 2.75) is 38.8 Å². The zero-order valence-corrected chi connectivity index (χ0v) is 21.7. The van der Waals surface area contributed by atoms with Gasteiger partial charge >= 0.3 is 11.9 Å². The third-order valence-corrected chi connectivity index (χ3v) is 6.27. The Hall–Kier alpha value is -4.02. The fraction of sp³-hybridized carbons (Fsp3) is 0.357. The van der Waals surface area contributed by atoms with Crippen molar-refractivity contribution in [3.8, 4) is 0 Å². The van der Waals surface area contributed by atoms with E-state index in [1.54, 1.807) is 26.0 Å². The van der Waals surface area contributed by atoms with Gasteiger partial charge in [0.1, 0.15) is 12.1 Å². The molecule has 0 fully saturated rings. The van der Waals surface area contributed by atoms with E-state index in [-0.39, 0.29) is 71.3 Å². The number of benzene rings is 2. The van der Waals surface area contributed by atoms with E-state index in [0.29, 0.717) is 11.1 Å². The Labute approximate surface area is 220 Å². The molecule has 38 heavy (non-hydrogen) atoms. The summed E-state index contributed by atoms with van der Waals surface area (Å²) in [7, 11) is 2.52. The van der Waals surface area contributed by atoms with Gasteiger partial charge in [0.15, 0.2) is 23.1 Å². The van der Waals surface area contributed by atoms with Crippen molar-refractivity contribution in [3.63, 3.8) is 0 Å². The van der Waals surface area contributed by atoms with Gasteiger partial charge in [0.25, 0.3) is 0 Å². The van der Waals surface area contributed by atoms with Crippen molar-refractivity contribution >= 4 is 35.1 Å². The van der Waals surface area contributed by atoms with Gasteiger partial charge < -0.3 is 9.47 Å². The average molecular weight is 523 g/mol. The van der Waals surface area contributed by atoms with Crippen LogP contribution in [0.2, 0.25) is 0 Å². The first-order chi connectivity index (χ1) is 18.0. The van der Waals surface area contributed by atoms with Crippen LogP contribution in [0.1, 0.15) is 56.8 Å². The Morgan fingerprint density at radius 1 is 0.658 bits per heavy atom. The second-order valence-electron chi connectivity index (χ2n) is 9.10. The van der Waals surface area contributed by atoms with Crippen molar-refractivity contribution < 1.29 is 38.2 Å². The van der Waals surface area contributed by atoms with Gasteiger partial charge in [-0.2, -0.15) is 0 Å². The molecule has 0 saturated carbocycles. The number of ketones is 4. The van der Waals surface area contributed by atoms with E-state index in [1.807, 2.05) is 0 Å². The van der Waals surface area contributed by atoms with Gasteiger partial charge in [-0.15, -0.1) is 0 Å². The van der Waals surface area contributed by atoms with E-state index in [2.05, 4.69) is 20.1 Å². The lowest BCUT2D eigenvalue weighted by Crippen LogP contribution is -2.38. The fourth-order valence-corrected chi connectivity index (χ4v) is 4.10. The van der Waals surface area contributed by atoms with E-state index in [0.717, 1.165) is 0 Å². The number of nitrogens with one attached hydrogen (secondary N) is 2. The van der Waals surface area contributed by atoms with Gasteiger partial charge in [-0.1, -0.05) is 24.3 Å². The highest BCUT2D eigenvalue weighted by atomic mass is 16.5. The average Bonchev–Trinajstić information content (AvgIpc) is 2.92. The number of fused-ring (bicyclic) bond motifs is 2. The summed E-state index contributed by atoms with van der Waals surface area (Å²) in [5.74, 6) is -2.05. The molecule has 0 aliphatic heterocycles. The number of esters is 2. The Balaban J connectivity index is 1.71. The molecule has 1 aliphatic carbocycles. The SMILES string of the molecule is COC(=O)[C@H](C)NCC(=O)Cc1ccc2c(c1)C(=O)c1cc(CC(=O)CN[C@H](C)C(=O)OC)ccc1C2=O. The summed E-state index contributed by atoms with van der Waals surface area (Å²) in [6, 6.07) is 8.13. The molecular formula is C28H30N2O8. The maximum Gasteiger partial charge on any atom is 0.322 e. The van der Waals surface area contributed by atoms with Crippen LogP contribution in [0.25, 0.3) is 0 Å². The van der Waals surface area contributed by atoms with Crippen molar-refractivity contribution in [2.75, 3.05) is 27.3 Å². The predicted octanol–water partition coefficient (Wildman–Crippen LogP) is 0.987. The highest BCUT2D eigenvalue weighted by Crippen LogP contribution is 2.29. The molecule has 0 heterocycles. The maximum absolute atomic E-state index is 13.3. The molecule has 2 aromatic carbocycles. The summed E-state index contributed by atoms with van der Waals surface area (Å²) in [6.07, 6.45) is 0.0159. The summed E-state index contributed by atoms with van der Waals surface area (Å²) in [5.41, 5.74) is 2.01. The van der Waals surface area contributed by atoms with E-state index in [4.69, 9.17) is 0 Å². The maximum atomic E-state index is 13.3. The van der Waals surface area contributed by atoms with Crippen LogP contribution in [0.4, 0.5) is 0 Å². The van der Waals surface area contributed by atoms with Gasteiger partial charge in [-0.3, -0.25) is 39.4 Å². The number of hydrogen-bond donors (Lipinski definition) is 2. The second kappa shape index (κ2) is 12.5. The summed E-state index contributed by atoms with van der Waals surface area (Å²) in [4.78, 5) is 74.2. The van der Waals surface area contributed by atoms with Crippen LogP contribution in [0.5, 0.6) is 0 Å². The minimum Gasteiger partial charge on any atom is -0.468 e. The molecular weight excluding hydrogens is 492 g/mol. The van der Waals surface area contributed by atoms with E-state index in [9.17, 15) is 28.8 Å². The standard InChI is InChI=1S/C28H30N2O8/c1-15(27(35)37-3)29-13-19(31)9-17-5-7-21-23(11-17)26(34)24-12-18(6-8-22(24)25(21)33)10-20(32)14-30-16(2)28(36)38-4/h5-8,11-12,15-16,29-30H,9-10,13-14H2,1-4H3/t15-,16+. The molecule has 10 heteroatoms. The number of carbonyl (C=O) groups is 6. The van der Waals surface area contributed by atoms with Gasteiger partial charge in [-0.25, -0.2) is 0 Å². The molecule has 0 saturated heterocycles. The lowest BCUT2D eigenvalue weighted by molar-refractivity contribution is -0.143.